The van der Waals surface area contributed by atoms with Crippen molar-refractivity contribution in [2.24, 2.45) is 5.41 Å². The lowest BCUT2D eigenvalue weighted by Gasteiger charge is -2.22. The van der Waals surface area contributed by atoms with E-state index >= 15 is 0 Å². The lowest BCUT2D eigenvalue weighted by Crippen LogP contribution is -2.35. The second-order valence-corrected chi connectivity index (χ2v) is 12.1. The van der Waals surface area contributed by atoms with Crippen LogP contribution < -0.4 is 10.0 Å². The molecule has 0 saturated heterocycles. The fraction of sp³-hybridized carbons (Fsp3) is 0.545. The summed E-state index contributed by atoms with van der Waals surface area (Å²) in [5.74, 6) is -0.0519. The van der Waals surface area contributed by atoms with Gasteiger partial charge < -0.3 is 5.32 Å². The van der Waals surface area contributed by atoms with Crippen LogP contribution in [0.5, 0.6) is 0 Å². The predicted molar refractivity (Wildman–Crippen MR) is 120 cm³/mol. The van der Waals surface area contributed by atoms with Gasteiger partial charge in [-0.25, -0.2) is 22.5 Å². The average Bonchev–Trinajstić information content (AvgIpc) is 2.99. The van der Waals surface area contributed by atoms with E-state index in [0.717, 1.165) is 11.1 Å². The fourth-order valence-corrected chi connectivity index (χ4v) is 5.44. The van der Waals surface area contributed by atoms with Crippen molar-refractivity contribution in [1.82, 2.24) is 15.0 Å². The van der Waals surface area contributed by atoms with Gasteiger partial charge in [0.05, 0.1) is 10.9 Å². The number of rotatable bonds is 6. The molecule has 0 bridgehead atoms. The SMILES string of the molecule is CC(C)(C)CC(=O)NC1CCc2cc(S(=O)(=O)NCC(C)(C)F)c3cc(Cl)ncc3c21. The molecule has 3 rings (SSSR count). The smallest absolute Gasteiger partial charge is 0.241 e. The van der Waals surface area contributed by atoms with Crippen molar-refractivity contribution in [1.29, 1.82) is 0 Å². The van der Waals surface area contributed by atoms with Crippen molar-refractivity contribution < 1.29 is 17.6 Å². The van der Waals surface area contributed by atoms with Crippen LogP contribution in [0.2, 0.25) is 5.15 Å². The van der Waals surface area contributed by atoms with E-state index in [4.69, 9.17) is 11.6 Å². The predicted octanol–water partition coefficient (Wildman–Crippen LogP) is 4.45. The van der Waals surface area contributed by atoms with E-state index in [9.17, 15) is 17.6 Å². The Morgan fingerprint density at radius 2 is 1.90 bits per heavy atom. The molecule has 2 N–H and O–H groups in total. The lowest BCUT2D eigenvalue weighted by molar-refractivity contribution is -0.123. The minimum absolute atomic E-state index is 0.0384. The first-order chi connectivity index (χ1) is 14.2. The monoisotopic (exact) mass is 469 g/mol. The number of sulfonamides is 1. The Kier molecular flexibility index (Phi) is 6.39. The van der Waals surface area contributed by atoms with Crippen molar-refractivity contribution in [3.8, 4) is 0 Å². The molecule has 1 amide bonds. The van der Waals surface area contributed by atoms with Gasteiger partial charge in [-0.15, -0.1) is 0 Å². The summed E-state index contributed by atoms with van der Waals surface area (Å²) in [7, 11) is -3.99. The molecule has 1 aromatic heterocycles. The van der Waals surface area contributed by atoms with Gasteiger partial charge in [0.25, 0.3) is 0 Å². The Labute approximate surface area is 188 Å². The number of nitrogens with one attached hydrogen (secondary N) is 2. The molecule has 0 aliphatic heterocycles. The molecule has 6 nitrogen and oxygen atoms in total. The molecule has 1 heterocycles. The van der Waals surface area contributed by atoms with Crippen LogP contribution >= 0.6 is 11.6 Å². The molecule has 1 aliphatic carbocycles. The highest BCUT2D eigenvalue weighted by molar-refractivity contribution is 7.89. The maximum Gasteiger partial charge on any atom is 0.241 e. The third kappa shape index (κ3) is 5.73. The molecule has 170 valence electrons. The van der Waals surface area contributed by atoms with Crippen molar-refractivity contribution in [3.05, 3.63) is 34.6 Å². The van der Waals surface area contributed by atoms with Crippen molar-refractivity contribution in [2.75, 3.05) is 6.54 Å². The Bertz CT molecular complexity index is 1120. The average molecular weight is 470 g/mol. The second kappa shape index (κ2) is 8.30. The number of amides is 1. The van der Waals surface area contributed by atoms with Gasteiger partial charge in [-0.2, -0.15) is 0 Å². The number of alkyl halides is 1. The van der Waals surface area contributed by atoms with E-state index in [1.165, 1.54) is 19.9 Å². The van der Waals surface area contributed by atoms with E-state index in [1.807, 2.05) is 20.8 Å². The molecule has 1 aromatic carbocycles. The minimum Gasteiger partial charge on any atom is -0.349 e. The van der Waals surface area contributed by atoms with Gasteiger partial charge >= 0.3 is 0 Å². The topological polar surface area (TPSA) is 88.2 Å². The zero-order valence-corrected chi connectivity index (χ0v) is 20.0. The molecule has 1 unspecified atom stereocenters. The molecule has 0 spiro atoms. The van der Waals surface area contributed by atoms with Gasteiger partial charge in [-0.1, -0.05) is 32.4 Å². The number of aromatic nitrogens is 1. The van der Waals surface area contributed by atoms with Crippen molar-refractivity contribution in [3.63, 3.8) is 0 Å². The zero-order valence-electron chi connectivity index (χ0n) is 18.5. The van der Waals surface area contributed by atoms with E-state index in [1.54, 1.807) is 12.3 Å². The Hall–Kier alpha value is -1.77. The molecule has 31 heavy (non-hydrogen) atoms. The third-order valence-corrected chi connectivity index (χ3v) is 6.77. The lowest BCUT2D eigenvalue weighted by atomic mass is 9.91. The molecular formula is C22H29ClFN3O3S. The highest BCUT2D eigenvalue weighted by Crippen LogP contribution is 2.40. The third-order valence-electron chi connectivity index (χ3n) is 5.13. The molecule has 0 saturated carbocycles. The summed E-state index contributed by atoms with van der Waals surface area (Å²) in [5.41, 5.74) is -0.138. The van der Waals surface area contributed by atoms with Crippen LogP contribution in [0, 0.1) is 5.41 Å². The number of halogens is 2. The standard InChI is InChI=1S/C22H29ClFN3O3S/c1-21(2,3)10-19(28)27-16-7-6-13-8-17(31(29,30)26-12-22(4,5)24)14-9-18(23)25-11-15(14)20(13)16/h8-9,11,16,26H,6-7,10,12H2,1-5H3,(H,27,28). The van der Waals surface area contributed by atoms with Gasteiger partial charge in [0.2, 0.25) is 15.9 Å². The number of hydrogen-bond acceptors (Lipinski definition) is 4. The normalized spacial score (nSPS) is 17.1. The van der Waals surface area contributed by atoms with E-state index in [0.29, 0.717) is 30.0 Å². The number of hydrogen-bond donors (Lipinski definition) is 2. The second-order valence-electron chi connectivity index (χ2n) is 9.94. The summed E-state index contributed by atoms with van der Waals surface area (Å²) in [5, 5.41) is 4.27. The highest BCUT2D eigenvalue weighted by atomic mass is 35.5. The molecule has 0 fully saturated rings. The van der Waals surface area contributed by atoms with E-state index < -0.39 is 15.7 Å². The summed E-state index contributed by atoms with van der Waals surface area (Å²) in [6.07, 6.45) is 3.21. The Balaban J connectivity index is 2.06. The van der Waals surface area contributed by atoms with Crippen LogP contribution in [0.4, 0.5) is 4.39 Å². The van der Waals surface area contributed by atoms with Crippen LogP contribution in [0.3, 0.4) is 0 Å². The number of benzene rings is 1. The largest absolute Gasteiger partial charge is 0.349 e. The maximum atomic E-state index is 13.9. The quantitative estimate of drug-likeness (QED) is 0.611. The van der Waals surface area contributed by atoms with Crippen LogP contribution in [-0.2, 0) is 21.2 Å². The Morgan fingerprint density at radius 3 is 2.52 bits per heavy atom. The summed E-state index contributed by atoms with van der Waals surface area (Å²) >= 11 is 6.08. The molecule has 9 heteroatoms. The van der Waals surface area contributed by atoms with Gasteiger partial charge in [-0.3, -0.25) is 4.79 Å². The first-order valence-corrected chi connectivity index (χ1v) is 12.1. The highest BCUT2D eigenvalue weighted by Gasteiger charge is 2.31. The van der Waals surface area contributed by atoms with Gasteiger partial charge in [0, 0.05) is 29.9 Å². The van der Waals surface area contributed by atoms with E-state index in [-0.39, 0.29) is 34.0 Å². The molecule has 2 aromatic rings. The summed E-state index contributed by atoms with van der Waals surface area (Å²) < 4.78 is 42.3. The van der Waals surface area contributed by atoms with Crippen molar-refractivity contribution >= 4 is 38.3 Å². The molecular weight excluding hydrogens is 441 g/mol. The number of fused-ring (bicyclic) bond motifs is 3. The number of aryl methyl sites for hydroxylation is 1. The molecule has 0 radical (unpaired) electrons. The summed E-state index contributed by atoms with van der Waals surface area (Å²) in [6.45, 7) is 8.26. The fourth-order valence-electron chi connectivity index (χ4n) is 3.84. The number of nitrogens with zero attached hydrogens (tertiary/aromatic N) is 1. The summed E-state index contributed by atoms with van der Waals surface area (Å²) in [4.78, 5) is 16.7. The summed E-state index contributed by atoms with van der Waals surface area (Å²) in [6, 6.07) is 2.88. The van der Waals surface area contributed by atoms with Gasteiger partial charge in [-0.05, 0) is 55.4 Å². The maximum absolute atomic E-state index is 13.9. The number of carbonyl (C=O) groups is 1. The van der Waals surface area contributed by atoms with Crippen LogP contribution in [0.1, 0.15) is 64.6 Å². The van der Waals surface area contributed by atoms with Gasteiger partial charge in [0.1, 0.15) is 10.8 Å². The van der Waals surface area contributed by atoms with Crippen LogP contribution in [-0.4, -0.2) is 31.5 Å². The molecule has 1 aliphatic rings. The first kappa shape index (κ1) is 23.9. The zero-order chi connectivity index (χ0) is 23.2. The number of carbonyl (C=O) groups excluding carboxylic acids is 1. The van der Waals surface area contributed by atoms with Crippen molar-refractivity contribution in [2.45, 2.75) is 70.5 Å². The number of pyridine rings is 1. The first-order valence-electron chi connectivity index (χ1n) is 10.3. The Morgan fingerprint density at radius 1 is 1.23 bits per heavy atom. The van der Waals surface area contributed by atoms with Crippen LogP contribution in [0.15, 0.2) is 23.2 Å². The van der Waals surface area contributed by atoms with E-state index in [2.05, 4.69) is 15.0 Å². The molecule has 1 atom stereocenters. The van der Waals surface area contributed by atoms with Gasteiger partial charge in [0.15, 0.2) is 0 Å². The minimum atomic E-state index is -3.99. The van der Waals surface area contributed by atoms with Crippen LogP contribution in [0.25, 0.3) is 10.8 Å².